The molecule has 2 rings (SSSR count). The van der Waals surface area contributed by atoms with Gasteiger partial charge in [-0.2, -0.15) is 0 Å². The number of carbonyl (C=O) groups is 3. The van der Waals surface area contributed by atoms with Crippen molar-refractivity contribution < 1.29 is 23.9 Å². The van der Waals surface area contributed by atoms with E-state index in [2.05, 4.69) is 10.6 Å². The van der Waals surface area contributed by atoms with Gasteiger partial charge in [0.25, 0.3) is 0 Å². The first kappa shape index (κ1) is 37.9. The molecule has 0 spiro atoms. The fourth-order valence-electron chi connectivity index (χ4n) is 5.36. The lowest BCUT2D eigenvalue weighted by molar-refractivity contribution is -0.139. The highest BCUT2D eigenvalue weighted by molar-refractivity contribution is 7.99. The number of hydrogen-bond acceptors (Lipinski definition) is 7. The Hall–Kier alpha value is -3.30. The predicted octanol–water partition coefficient (Wildman–Crippen LogP) is 5.75. The van der Waals surface area contributed by atoms with Crippen LogP contribution in [0.15, 0.2) is 66.2 Å². The van der Waals surface area contributed by atoms with Crippen molar-refractivity contribution in [1.29, 1.82) is 0 Å². The Morgan fingerprint density at radius 1 is 0.978 bits per heavy atom. The number of nitrogens with zero attached hydrogens (tertiary/aromatic N) is 1. The van der Waals surface area contributed by atoms with Crippen molar-refractivity contribution in [2.75, 3.05) is 27.8 Å². The van der Waals surface area contributed by atoms with Crippen LogP contribution in [0.5, 0.6) is 5.75 Å². The summed E-state index contributed by atoms with van der Waals surface area (Å²) in [6.45, 7) is 15.7. The second-order valence-electron chi connectivity index (χ2n) is 12.7. The molecular formula is C36H53N3O5S. The van der Waals surface area contributed by atoms with Gasteiger partial charge in [-0.3, -0.25) is 9.59 Å². The van der Waals surface area contributed by atoms with Crippen molar-refractivity contribution in [2.45, 2.75) is 89.4 Å². The maximum absolute atomic E-state index is 14.5. The Morgan fingerprint density at radius 2 is 1.58 bits per heavy atom. The number of likely N-dealkylation sites (N-methyl/N-ethyl adjacent to an activating group) is 2. The topological polar surface area (TPSA) is 97.0 Å². The third kappa shape index (κ3) is 10.1. The van der Waals surface area contributed by atoms with Gasteiger partial charge in [-0.25, -0.2) is 4.79 Å². The van der Waals surface area contributed by atoms with Gasteiger partial charge < -0.3 is 25.0 Å². The Kier molecular flexibility index (Phi) is 14.2. The van der Waals surface area contributed by atoms with Gasteiger partial charge in [0.15, 0.2) is 0 Å². The quantitative estimate of drug-likeness (QED) is 0.178. The lowest BCUT2D eigenvalue weighted by Gasteiger charge is -2.41. The highest BCUT2D eigenvalue weighted by atomic mass is 32.2. The van der Waals surface area contributed by atoms with Crippen molar-refractivity contribution in [3.05, 3.63) is 77.4 Å². The molecule has 0 heterocycles. The van der Waals surface area contributed by atoms with Crippen molar-refractivity contribution in [2.24, 2.45) is 5.92 Å². The fourth-order valence-corrected chi connectivity index (χ4v) is 6.42. The molecule has 0 saturated heterocycles. The van der Waals surface area contributed by atoms with Gasteiger partial charge in [0.1, 0.15) is 11.8 Å². The first-order chi connectivity index (χ1) is 21.1. The van der Waals surface area contributed by atoms with Crippen LogP contribution < -0.4 is 15.4 Å². The highest BCUT2D eigenvalue weighted by Crippen LogP contribution is 2.34. The number of esters is 1. The third-order valence-electron chi connectivity index (χ3n) is 8.29. The summed E-state index contributed by atoms with van der Waals surface area (Å²) in [7, 11) is 5.13. The molecule has 0 aromatic heterocycles. The van der Waals surface area contributed by atoms with E-state index in [1.165, 1.54) is 0 Å². The number of rotatable bonds is 16. The number of carbonyl (C=O) groups excluding carboxylic acids is 3. The van der Waals surface area contributed by atoms with E-state index < -0.39 is 34.3 Å². The fraction of sp³-hybridized carbons (Fsp3) is 0.528. The molecule has 0 bridgehead atoms. The highest BCUT2D eigenvalue weighted by Gasteiger charge is 2.43. The van der Waals surface area contributed by atoms with E-state index in [0.29, 0.717) is 11.3 Å². The second kappa shape index (κ2) is 16.9. The number of methoxy groups -OCH3 is 1. The van der Waals surface area contributed by atoms with Gasteiger partial charge in [0.05, 0.1) is 25.8 Å². The molecule has 2 aromatic rings. The van der Waals surface area contributed by atoms with Gasteiger partial charge in [0.2, 0.25) is 11.8 Å². The summed E-state index contributed by atoms with van der Waals surface area (Å²) in [6, 6.07) is 15.8. The molecular weight excluding hydrogens is 586 g/mol. The molecule has 0 unspecified atom stereocenters. The van der Waals surface area contributed by atoms with Crippen molar-refractivity contribution in [3.8, 4) is 5.75 Å². The van der Waals surface area contributed by atoms with Crippen LogP contribution >= 0.6 is 11.8 Å². The maximum atomic E-state index is 14.5. The molecule has 0 aliphatic rings. The smallest absolute Gasteiger partial charge is 0.333 e. The van der Waals surface area contributed by atoms with Crippen LogP contribution in [0.1, 0.15) is 66.5 Å². The molecule has 0 saturated carbocycles. The standard InChI is InChI=1S/C36H53N3O5S/c1-12-44-34(42)25(4)22-29(24(2)3)39(10)33(41)31(36(7,8)45-23-26-18-20-28(43-11)21-19-26)38-32(40)30(37-9)35(5,6)27-16-14-13-15-17-27/h13-22,24,29-31,37H,12,23H2,1-11H3,(H,38,40)/b25-22+/t29-,30-,31-/m1/s1. The summed E-state index contributed by atoms with van der Waals surface area (Å²) in [4.78, 5) is 42.7. The molecule has 248 valence electrons. The molecule has 2 aromatic carbocycles. The van der Waals surface area contributed by atoms with E-state index in [1.54, 1.807) is 57.8 Å². The summed E-state index contributed by atoms with van der Waals surface area (Å²) in [5.41, 5.74) is 1.95. The maximum Gasteiger partial charge on any atom is 0.333 e. The van der Waals surface area contributed by atoms with Gasteiger partial charge in [-0.05, 0) is 63.9 Å². The minimum Gasteiger partial charge on any atom is -0.497 e. The van der Waals surface area contributed by atoms with Gasteiger partial charge in [0, 0.05) is 28.5 Å². The average Bonchev–Trinajstić information content (AvgIpc) is 3.01. The van der Waals surface area contributed by atoms with Crippen molar-refractivity contribution >= 4 is 29.5 Å². The predicted molar refractivity (Wildman–Crippen MR) is 184 cm³/mol. The van der Waals surface area contributed by atoms with Crippen molar-refractivity contribution in [3.63, 3.8) is 0 Å². The lowest BCUT2D eigenvalue weighted by Crippen LogP contribution is -2.63. The van der Waals surface area contributed by atoms with Crippen LogP contribution in [0.4, 0.5) is 0 Å². The normalized spacial score (nSPS) is 14.4. The SMILES string of the molecule is CCOC(=O)/C(C)=C/[C@H](C(C)C)N(C)C(=O)[C@@H](NC(=O)[C@@H](NC)C(C)(C)c1ccccc1)C(C)(C)SCc1ccc(OC)cc1. The minimum absolute atomic E-state index is 0.00295. The van der Waals surface area contributed by atoms with E-state index in [4.69, 9.17) is 9.47 Å². The minimum atomic E-state index is -0.877. The first-order valence-electron chi connectivity index (χ1n) is 15.5. The van der Waals surface area contributed by atoms with Crippen molar-refractivity contribution in [1.82, 2.24) is 15.5 Å². The summed E-state index contributed by atoms with van der Waals surface area (Å²) in [5.74, 6) is 0.474. The number of thioether (sulfide) groups is 1. The molecule has 2 N–H and O–H groups in total. The number of nitrogens with one attached hydrogen (secondary N) is 2. The lowest BCUT2D eigenvalue weighted by atomic mass is 9.77. The van der Waals surface area contributed by atoms with E-state index in [1.807, 2.05) is 96.1 Å². The van der Waals surface area contributed by atoms with E-state index in [0.717, 1.165) is 16.9 Å². The van der Waals surface area contributed by atoms with Crippen LogP contribution in [-0.4, -0.2) is 73.4 Å². The zero-order valence-corrected chi connectivity index (χ0v) is 29.7. The van der Waals surface area contributed by atoms with Crippen LogP contribution in [-0.2, 0) is 30.3 Å². The molecule has 3 atom stereocenters. The number of ether oxygens (including phenoxy) is 2. The first-order valence-corrected chi connectivity index (χ1v) is 16.5. The summed E-state index contributed by atoms with van der Waals surface area (Å²) in [6.07, 6.45) is 1.78. The number of amides is 2. The van der Waals surface area contributed by atoms with Crippen LogP contribution in [0.2, 0.25) is 0 Å². The molecule has 0 fully saturated rings. The second-order valence-corrected chi connectivity index (χ2v) is 14.4. The van der Waals surface area contributed by atoms with E-state index in [-0.39, 0.29) is 24.3 Å². The van der Waals surface area contributed by atoms with Gasteiger partial charge in [-0.15, -0.1) is 11.8 Å². The van der Waals surface area contributed by atoms with Crippen LogP contribution in [0.3, 0.4) is 0 Å². The van der Waals surface area contributed by atoms with Crippen LogP contribution in [0, 0.1) is 5.92 Å². The summed E-state index contributed by atoms with van der Waals surface area (Å²) >= 11 is 1.60. The molecule has 0 aliphatic carbocycles. The van der Waals surface area contributed by atoms with Gasteiger partial charge >= 0.3 is 5.97 Å². The van der Waals surface area contributed by atoms with Crippen LogP contribution in [0.25, 0.3) is 0 Å². The van der Waals surface area contributed by atoms with E-state index in [9.17, 15) is 14.4 Å². The summed E-state index contributed by atoms with van der Waals surface area (Å²) in [5, 5.41) is 6.37. The van der Waals surface area contributed by atoms with E-state index >= 15 is 0 Å². The third-order valence-corrected chi connectivity index (χ3v) is 9.74. The molecule has 0 radical (unpaired) electrons. The Balaban J connectivity index is 2.49. The number of benzene rings is 2. The number of hydrogen-bond donors (Lipinski definition) is 2. The summed E-state index contributed by atoms with van der Waals surface area (Å²) < 4.78 is 9.78. The largest absolute Gasteiger partial charge is 0.497 e. The molecule has 8 nitrogen and oxygen atoms in total. The Morgan fingerprint density at radius 3 is 2.09 bits per heavy atom. The Labute approximate surface area is 274 Å². The zero-order valence-electron chi connectivity index (χ0n) is 28.9. The van der Waals surface area contributed by atoms with Gasteiger partial charge in [-0.1, -0.05) is 76.2 Å². The molecule has 0 aliphatic heterocycles. The zero-order chi connectivity index (χ0) is 33.9. The average molecular weight is 640 g/mol. The molecule has 2 amide bonds. The monoisotopic (exact) mass is 639 g/mol. The molecule has 45 heavy (non-hydrogen) atoms. The molecule has 9 heteroatoms. The Bertz CT molecular complexity index is 1290.